The first-order valence-electron chi connectivity index (χ1n) is 10.1. The van der Waals surface area contributed by atoms with Crippen molar-refractivity contribution < 1.29 is 14.3 Å². The Morgan fingerprint density at radius 2 is 1.90 bits per heavy atom. The molecule has 3 aromatic rings. The number of amides is 1. The van der Waals surface area contributed by atoms with Crippen LogP contribution < -0.4 is 10.1 Å². The Morgan fingerprint density at radius 3 is 2.70 bits per heavy atom. The molecular formula is C24H25ClN2O3. The minimum absolute atomic E-state index is 0.0362. The maximum Gasteiger partial charge on any atom is 0.255 e. The van der Waals surface area contributed by atoms with E-state index in [1.165, 1.54) is 16.3 Å². The Hall–Kier alpha value is -2.60. The lowest BCUT2D eigenvalue weighted by atomic mass is 9.97. The van der Waals surface area contributed by atoms with Gasteiger partial charge in [0.2, 0.25) is 0 Å². The lowest BCUT2D eigenvalue weighted by Crippen LogP contribution is -2.44. The molecule has 1 fully saturated rings. The van der Waals surface area contributed by atoms with Gasteiger partial charge in [-0.2, -0.15) is 0 Å². The number of hydrogen-bond acceptors (Lipinski definition) is 4. The third-order valence-electron chi connectivity index (χ3n) is 5.53. The van der Waals surface area contributed by atoms with Crippen molar-refractivity contribution in [3.63, 3.8) is 0 Å². The lowest BCUT2D eigenvalue weighted by molar-refractivity contribution is 0.0165. The van der Waals surface area contributed by atoms with Crippen molar-refractivity contribution in [3.05, 3.63) is 76.8 Å². The molecular weight excluding hydrogens is 400 g/mol. The van der Waals surface area contributed by atoms with E-state index in [1.54, 1.807) is 25.3 Å². The second kappa shape index (κ2) is 9.47. The zero-order valence-electron chi connectivity index (χ0n) is 16.9. The van der Waals surface area contributed by atoms with Gasteiger partial charge in [0, 0.05) is 24.7 Å². The van der Waals surface area contributed by atoms with Gasteiger partial charge >= 0.3 is 0 Å². The van der Waals surface area contributed by atoms with E-state index >= 15 is 0 Å². The van der Waals surface area contributed by atoms with Crippen molar-refractivity contribution in [2.45, 2.75) is 6.04 Å². The lowest BCUT2D eigenvalue weighted by Gasteiger charge is -2.35. The SMILES string of the molecule is COc1ccc(Cl)cc1C(=O)NC[C@@H](c1cccc2ccccc12)N1CCOCC1. The van der Waals surface area contributed by atoms with Crippen LogP contribution in [0.2, 0.25) is 5.02 Å². The molecule has 5 nitrogen and oxygen atoms in total. The van der Waals surface area contributed by atoms with E-state index in [0.29, 0.717) is 36.1 Å². The molecule has 1 aliphatic rings. The van der Waals surface area contributed by atoms with Crippen LogP contribution in [0.25, 0.3) is 10.8 Å². The largest absolute Gasteiger partial charge is 0.496 e. The summed E-state index contributed by atoms with van der Waals surface area (Å²) in [5.74, 6) is 0.304. The van der Waals surface area contributed by atoms with E-state index < -0.39 is 0 Å². The maximum absolute atomic E-state index is 13.0. The second-order valence-corrected chi connectivity index (χ2v) is 7.72. The van der Waals surface area contributed by atoms with Crippen LogP contribution >= 0.6 is 11.6 Å². The van der Waals surface area contributed by atoms with Crippen LogP contribution in [0.15, 0.2) is 60.7 Å². The number of halogens is 1. The number of benzene rings is 3. The summed E-state index contributed by atoms with van der Waals surface area (Å²) in [4.78, 5) is 15.3. The smallest absolute Gasteiger partial charge is 0.255 e. The predicted octanol–water partition coefficient (Wildman–Crippen LogP) is 4.31. The van der Waals surface area contributed by atoms with Gasteiger partial charge in [-0.1, -0.05) is 54.1 Å². The monoisotopic (exact) mass is 424 g/mol. The Kier molecular flexibility index (Phi) is 6.53. The molecule has 1 atom stereocenters. The summed E-state index contributed by atoms with van der Waals surface area (Å²) in [5, 5.41) is 5.99. The van der Waals surface area contributed by atoms with Crippen LogP contribution in [0.1, 0.15) is 22.0 Å². The number of rotatable bonds is 6. The zero-order valence-corrected chi connectivity index (χ0v) is 17.7. The molecule has 0 radical (unpaired) electrons. The fraction of sp³-hybridized carbons (Fsp3) is 0.292. The normalized spacial score (nSPS) is 15.7. The molecule has 3 aromatic carbocycles. The van der Waals surface area contributed by atoms with E-state index in [9.17, 15) is 4.79 Å². The topological polar surface area (TPSA) is 50.8 Å². The van der Waals surface area contributed by atoms with Gasteiger partial charge in [-0.05, 0) is 34.5 Å². The Labute approximate surface area is 181 Å². The molecule has 1 aliphatic heterocycles. The molecule has 1 saturated heterocycles. The number of ether oxygens (including phenoxy) is 2. The summed E-state index contributed by atoms with van der Waals surface area (Å²) >= 11 is 6.11. The van der Waals surface area contributed by atoms with Crippen LogP contribution in [0.5, 0.6) is 5.75 Å². The number of hydrogen-bond donors (Lipinski definition) is 1. The van der Waals surface area contributed by atoms with Gasteiger partial charge in [-0.3, -0.25) is 9.69 Å². The van der Waals surface area contributed by atoms with Gasteiger partial charge < -0.3 is 14.8 Å². The molecule has 30 heavy (non-hydrogen) atoms. The van der Waals surface area contributed by atoms with E-state index in [4.69, 9.17) is 21.1 Å². The number of nitrogens with one attached hydrogen (secondary N) is 1. The highest BCUT2D eigenvalue weighted by Crippen LogP contribution is 2.29. The highest BCUT2D eigenvalue weighted by molar-refractivity contribution is 6.31. The number of fused-ring (bicyclic) bond motifs is 1. The maximum atomic E-state index is 13.0. The molecule has 0 spiro atoms. The first kappa shape index (κ1) is 20.7. The van der Waals surface area contributed by atoms with Crippen LogP contribution in [-0.2, 0) is 4.74 Å². The third-order valence-corrected chi connectivity index (χ3v) is 5.77. The summed E-state index contributed by atoms with van der Waals surface area (Å²) in [6.45, 7) is 3.51. The van der Waals surface area contributed by atoms with Gasteiger partial charge in [-0.15, -0.1) is 0 Å². The molecule has 0 aliphatic carbocycles. The van der Waals surface area contributed by atoms with Crippen molar-refractivity contribution >= 4 is 28.3 Å². The molecule has 0 saturated carbocycles. The molecule has 6 heteroatoms. The standard InChI is InChI=1S/C24H25ClN2O3/c1-29-23-10-9-18(25)15-21(23)24(28)26-16-22(27-11-13-30-14-12-27)20-8-4-6-17-5-2-3-7-19(17)20/h2-10,15,22H,11-14,16H2,1H3,(H,26,28)/t22-/m0/s1. The molecule has 1 N–H and O–H groups in total. The molecule has 4 rings (SSSR count). The average molecular weight is 425 g/mol. The zero-order chi connectivity index (χ0) is 20.9. The quantitative estimate of drug-likeness (QED) is 0.640. The molecule has 0 unspecified atom stereocenters. The van der Waals surface area contributed by atoms with Gasteiger partial charge in [0.1, 0.15) is 5.75 Å². The van der Waals surface area contributed by atoms with E-state index in [1.807, 2.05) is 6.07 Å². The van der Waals surface area contributed by atoms with E-state index in [2.05, 4.69) is 46.6 Å². The second-order valence-electron chi connectivity index (χ2n) is 7.29. The van der Waals surface area contributed by atoms with Crippen molar-refractivity contribution in [1.29, 1.82) is 0 Å². The fourth-order valence-electron chi connectivity index (χ4n) is 4.01. The predicted molar refractivity (Wildman–Crippen MR) is 119 cm³/mol. The van der Waals surface area contributed by atoms with Crippen LogP contribution in [-0.4, -0.2) is 50.8 Å². The number of carbonyl (C=O) groups excluding carboxylic acids is 1. The third kappa shape index (κ3) is 4.43. The molecule has 0 bridgehead atoms. The van der Waals surface area contributed by atoms with Crippen molar-refractivity contribution in [2.75, 3.05) is 40.0 Å². The van der Waals surface area contributed by atoms with Crippen molar-refractivity contribution in [1.82, 2.24) is 10.2 Å². The highest BCUT2D eigenvalue weighted by Gasteiger charge is 2.25. The first-order chi connectivity index (χ1) is 14.7. The van der Waals surface area contributed by atoms with Crippen LogP contribution in [0, 0.1) is 0 Å². The summed E-state index contributed by atoms with van der Waals surface area (Å²) < 4.78 is 10.9. The Balaban J connectivity index is 1.63. The molecule has 0 aromatic heterocycles. The summed E-state index contributed by atoms with van der Waals surface area (Å²) in [6.07, 6.45) is 0. The van der Waals surface area contributed by atoms with E-state index in [-0.39, 0.29) is 11.9 Å². The number of methoxy groups -OCH3 is 1. The van der Waals surface area contributed by atoms with Crippen LogP contribution in [0.3, 0.4) is 0 Å². The molecule has 156 valence electrons. The average Bonchev–Trinajstić information content (AvgIpc) is 2.80. The highest BCUT2D eigenvalue weighted by atomic mass is 35.5. The Bertz CT molecular complexity index is 1030. The summed E-state index contributed by atoms with van der Waals surface area (Å²) in [7, 11) is 1.55. The number of morpholine rings is 1. The van der Waals surface area contributed by atoms with Crippen molar-refractivity contribution in [2.24, 2.45) is 0 Å². The Morgan fingerprint density at radius 1 is 1.13 bits per heavy atom. The molecule has 1 amide bonds. The van der Waals surface area contributed by atoms with Gasteiger partial charge in [0.15, 0.2) is 0 Å². The summed E-state index contributed by atoms with van der Waals surface area (Å²) in [6, 6.07) is 19.8. The van der Waals surface area contributed by atoms with Gasteiger partial charge in [0.05, 0.1) is 31.9 Å². The minimum Gasteiger partial charge on any atom is -0.496 e. The number of carbonyl (C=O) groups is 1. The van der Waals surface area contributed by atoms with Gasteiger partial charge in [0.25, 0.3) is 5.91 Å². The summed E-state index contributed by atoms with van der Waals surface area (Å²) in [5.41, 5.74) is 1.64. The van der Waals surface area contributed by atoms with Crippen LogP contribution in [0.4, 0.5) is 0 Å². The van der Waals surface area contributed by atoms with Crippen molar-refractivity contribution in [3.8, 4) is 5.75 Å². The van der Waals surface area contributed by atoms with E-state index in [0.717, 1.165) is 13.1 Å². The first-order valence-corrected chi connectivity index (χ1v) is 10.5. The molecule has 1 heterocycles. The van der Waals surface area contributed by atoms with Gasteiger partial charge in [-0.25, -0.2) is 0 Å². The number of nitrogens with zero attached hydrogens (tertiary/aromatic N) is 1. The minimum atomic E-state index is -0.201. The fourth-order valence-corrected chi connectivity index (χ4v) is 4.18.